The predicted octanol–water partition coefficient (Wildman–Crippen LogP) is 3.95. The molecule has 1 aliphatic rings. The molecule has 0 bridgehead atoms. The molecule has 0 spiro atoms. The van der Waals surface area contributed by atoms with Crippen molar-refractivity contribution in [3.8, 4) is 0 Å². The Bertz CT molecular complexity index is 952. The number of rotatable bonds is 5. The Morgan fingerprint density at radius 2 is 1.93 bits per heavy atom. The average Bonchev–Trinajstić information content (AvgIpc) is 3.20. The van der Waals surface area contributed by atoms with Crippen molar-refractivity contribution in [3.05, 3.63) is 51.9 Å². The number of hydrogen-bond acceptors (Lipinski definition) is 4. The Balaban J connectivity index is 1.70. The van der Waals surface area contributed by atoms with E-state index in [-0.39, 0.29) is 24.4 Å². The summed E-state index contributed by atoms with van der Waals surface area (Å²) in [6.45, 7) is 8.90. The molecule has 1 fully saturated rings. The molecule has 28 heavy (non-hydrogen) atoms. The highest BCUT2D eigenvalue weighted by Gasteiger charge is 2.34. The SMILES string of the molecule is Cc1cc(C)c([C@@H](C)NC(=O)[C@H]2CCCN(S(=O)(=O)c3cccs3)C2)cc1C. The fourth-order valence-corrected chi connectivity index (χ4v) is 6.44. The van der Waals surface area contributed by atoms with Crippen LogP contribution in [0.2, 0.25) is 0 Å². The summed E-state index contributed by atoms with van der Waals surface area (Å²) < 4.78 is 27.4. The third kappa shape index (κ3) is 4.31. The average molecular weight is 421 g/mol. The molecule has 1 N–H and O–H groups in total. The first-order valence-corrected chi connectivity index (χ1v) is 11.9. The molecule has 0 saturated carbocycles. The largest absolute Gasteiger partial charge is 0.349 e. The summed E-state index contributed by atoms with van der Waals surface area (Å²) in [4.78, 5) is 12.9. The molecule has 0 radical (unpaired) electrons. The molecule has 2 heterocycles. The van der Waals surface area contributed by atoms with Crippen molar-refractivity contribution in [2.24, 2.45) is 5.92 Å². The molecule has 3 rings (SSSR count). The van der Waals surface area contributed by atoms with E-state index in [1.807, 2.05) is 6.92 Å². The molecular weight excluding hydrogens is 392 g/mol. The standard InChI is InChI=1S/C21H28N2O3S2/c1-14-11-16(3)19(12-15(14)2)17(4)22-21(24)18-7-5-9-23(13-18)28(25,26)20-8-6-10-27-20/h6,8,10-12,17-18H,5,7,9,13H2,1-4H3,(H,22,24)/t17-,18+/m1/s1. The molecule has 1 aliphatic heterocycles. The van der Waals surface area contributed by atoms with Gasteiger partial charge in [0.15, 0.2) is 0 Å². The second kappa shape index (κ2) is 8.35. The summed E-state index contributed by atoms with van der Waals surface area (Å²) in [6.07, 6.45) is 1.40. The first kappa shape index (κ1) is 21.0. The van der Waals surface area contributed by atoms with Gasteiger partial charge in [0.05, 0.1) is 12.0 Å². The number of benzene rings is 1. The topological polar surface area (TPSA) is 66.5 Å². The summed E-state index contributed by atoms with van der Waals surface area (Å²) in [5, 5.41) is 4.86. The number of aryl methyl sites for hydroxylation is 3. The van der Waals surface area contributed by atoms with Crippen LogP contribution < -0.4 is 5.32 Å². The van der Waals surface area contributed by atoms with E-state index >= 15 is 0 Å². The van der Waals surface area contributed by atoms with E-state index in [2.05, 4.69) is 38.2 Å². The van der Waals surface area contributed by atoms with Gasteiger partial charge in [0.1, 0.15) is 4.21 Å². The van der Waals surface area contributed by atoms with E-state index in [4.69, 9.17) is 0 Å². The minimum absolute atomic E-state index is 0.0730. The maximum absolute atomic E-state index is 12.9. The van der Waals surface area contributed by atoms with Crippen LogP contribution in [0.4, 0.5) is 0 Å². The van der Waals surface area contributed by atoms with Crippen LogP contribution in [-0.2, 0) is 14.8 Å². The van der Waals surface area contributed by atoms with Gasteiger partial charge in [0, 0.05) is 13.1 Å². The number of carbonyl (C=O) groups excluding carboxylic acids is 1. The van der Waals surface area contributed by atoms with E-state index in [1.165, 1.54) is 26.8 Å². The summed E-state index contributed by atoms with van der Waals surface area (Å²) in [5.74, 6) is -0.394. The molecule has 2 atom stereocenters. The van der Waals surface area contributed by atoms with Gasteiger partial charge in [-0.15, -0.1) is 11.3 Å². The fraction of sp³-hybridized carbons (Fsp3) is 0.476. The minimum atomic E-state index is -3.51. The number of carbonyl (C=O) groups is 1. The Morgan fingerprint density at radius 3 is 2.61 bits per heavy atom. The lowest BCUT2D eigenvalue weighted by Crippen LogP contribution is -2.45. The highest BCUT2D eigenvalue weighted by molar-refractivity contribution is 7.91. The Hall–Kier alpha value is -1.70. The van der Waals surface area contributed by atoms with Crippen molar-refractivity contribution in [2.45, 2.75) is 50.8 Å². The first-order chi connectivity index (χ1) is 13.2. The zero-order valence-electron chi connectivity index (χ0n) is 16.9. The van der Waals surface area contributed by atoms with E-state index < -0.39 is 10.0 Å². The molecule has 1 aromatic heterocycles. The fourth-order valence-electron chi connectivity index (χ4n) is 3.77. The number of amides is 1. The summed E-state index contributed by atoms with van der Waals surface area (Å²) in [6, 6.07) is 7.51. The third-order valence-corrected chi connectivity index (χ3v) is 8.79. The van der Waals surface area contributed by atoms with Crippen LogP contribution >= 0.6 is 11.3 Å². The molecule has 0 aliphatic carbocycles. The zero-order valence-corrected chi connectivity index (χ0v) is 18.5. The predicted molar refractivity (Wildman–Crippen MR) is 113 cm³/mol. The normalized spacial score (nSPS) is 19.4. The van der Waals surface area contributed by atoms with Crippen molar-refractivity contribution in [2.75, 3.05) is 13.1 Å². The highest BCUT2D eigenvalue weighted by atomic mass is 32.2. The van der Waals surface area contributed by atoms with Crippen LogP contribution in [-0.4, -0.2) is 31.7 Å². The highest BCUT2D eigenvalue weighted by Crippen LogP contribution is 2.27. The van der Waals surface area contributed by atoms with E-state index in [0.29, 0.717) is 23.6 Å². The molecule has 0 unspecified atom stereocenters. The number of sulfonamides is 1. The second-order valence-corrected chi connectivity index (χ2v) is 10.8. The van der Waals surface area contributed by atoms with Crippen molar-refractivity contribution in [1.29, 1.82) is 0 Å². The van der Waals surface area contributed by atoms with Gasteiger partial charge >= 0.3 is 0 Å². The summed E-state index contributed by atoms with van der Waals surface area (Å²) in [5.41, 5.74) is 4.70. The second-order valence-electron chi connectivity index (χ2n) is 7.66. The van der Waals surface area contributed by atoms with Gasteiger partial charge in [0.25, 0.3) is 10.0 Å². The van der Waals surface area contributed by atoms with Crippen LogP contribution in [0, 0.1) is 26.7 Å². The Morgan fingerprint density at radius 1 is 1.21 bits per heavy atom. The molecule has 152 valence electrons. The van der Waals surface area contributed by atoms with Crippen LogP contribution in [0.25, 0.3) is 0 Å². The maximum atomic E-state index is 12.9. The molecule has 5 nitrogen and oxygen atoms in total. The first-order valence-electron chi connectivity index (χ1n) is 9.62. The van der Waals surface area contributed by atoms with Crippen LogP contribution in [0.5, 0.6) is 0 Å². The van der Waals surface area contributed by atoms with Crippen molar-refractivity contribution >= 4 is 27.3 Å². The van der Waals surface area contributed by atoms with Gasteiger partial charge in [-0.1, -0.05) is 18.2 Å². The lowest BCUT2D eigenvalue weighted by molar-refractivity contribution is -0.126. The van der Waals surface area contributed by atoms with Crippen molar-refractivity contribution in [3.63, 3.8) is 0 Å². The summed E-state index contributed by atoms with van der Waals surface area (Å²) >= 11 is 1.21. The lowest BCUT2D eigenvalue weighted by atomic mass is 9.95. The molecule has 7 heteroatoms. The molecule has 1 aromatic carbocycles. The van der Waals surface area contributed by atoms with Crippen molar-refractivity contribution in [1.82, 2.24) is 9.62 Å². The maximum Gasteiger partial charge on any atom is 0.252 e. The van der Waals surface area contributed by atoms with Crippen LogP contribution in [0.15, 0.2) is 33.9 Å². The monoisotopic (exact) mass is 420 g/mol. The smallest absolute Gasteiger partial charge is 0.252 e. The van der Waals surface area contributed by atoms with Crippen LogP contribution in [0.1, 0.15) is 48.1 Å². The van der Waals surface area contributed by atoms with Crippen LogP contribution in [0.3, 0.4) is 0 Å². The van der Waals surface area contributed by atoms with E-state index in [0.717, 1.165) is 11.1 Å². The Labute approximate surface area is 171 Å². The van der Waals surface area contributed by atoms with Gasteiger partial charge in [-0.2, -0.15) is 4.31 Å². The van der Waals surface area contributed by atoms with Gasteiger partial charge < -0.3 is 5.32 Å². The summed E-state index contributed by atoms with van der Waals surface area (Å²) in [7, 11) is -3.51. The van der Waals surface area contributed by atoms with Gasteiger partial charge in [0.2, 0.25) is 5.91 Å². The zero-order chi connectivity index (χ0) is 20.5. The van der Waals surface area contributed by atoms with E-state index in [1.54, 1.807) is 17.5 Å². The Kier molecular flexibility index (Phi) is 6.27. The molecule has 1 saturated heterocycles. The van der Waals surface area contributed by atoms with Crippen molar-refractivity contribution < 1.29 is 13.2 Å². The number of thiophene rings is 1. The number of piperidine rings is 1. The third-order valence-electron chi connectivity index (χ3n) is 5.55. The quantitative estimate of drug-likeness (QED) is 0.796. The van der Waals surface area contributed by atoms with Gasteiger partial charge in [-0.3, -0.25) is 4.79 Å². The number of nitrogens with zero attached hydrogens (tertiary/aromatic N) is 1. The molecular formula is C21H28N2O3S2. The van der Waals surface area contributed by atoms with Gasteiger partial charge in [-0.05, 0) is 74.2 Å². The molecule has 1 amide bonds. The number of hydrogen-bond donors (Lipinski definition) is 1. The van der Waals surface area contributed by atoms with Gasteiger partial charge in [-0.25, -0.2) is 8.42 Å². The van der Waals surface area contributed by atoms with E-state index in [9.17, 15) is 13.2 Å². The lowest BCUT2D eigenvalue weighted by Gasteiger charge is -2.31. The number of nitrogens with one attached hydrogen (secondary N) is 1. The molecule has 2 aromatic rings. The minimum Gasteiger partial charge on any atom is -0.349 e.